The molecule has 4 rings (SSSR count). The van der Waals surface area contributed by atoms with Crippen molar-refractivity contribution in [3.05, 3.63) is 29.3 Å². The van der Waals surface area contributed by atoms with Crippen LogP contribution in [-0.2, 0) is 9.59 Å². The number of carbonyl (C=O) groups is 4. The highest BCUT2D eigenvalue weighted by Gasteiger charge is 2.46. The molecule has 1 aromatic rings. The number of nitrogens with zero attached hydrogens (tertiary/aromatic N) is 3. The van der Waals surface area contributed by atoms with Gasteiger partial charge in [-0.05, 0) is 43.4 Å². The molecule has 0 aliphatic carbocycles. The van der Waals surface area contributed by atoms with Crippen LogP contribution in [0.15, 0.2) is 18.2 Å². The number of hydrogen-bond donors (Lipinski definition) is 1. The molecule has 1 N–H and O–H groups in total. The quantitative estimate of drug-likeness (QED) is 0.767. The minimum Gasteiger partial charge on any atom is -0.396 e. The van der Waals surface area contributed by atoms with E-state index in [2.05, 4.69) is 4.90 Å². The molecule has 0 aromatic heterocycles. The van der Waals surface area contributed by atoms with E-state index in [1.54, 1.807) is 12.1 Å². The molecule has 8 heteroatoms. The number of aliphatic hydroxyl groups is 1. The minimum atomic E-state index is -0.932. The number of hydrogen-bond acceptors (Lipinski definition) is 6. The van der Waals surface area contributed by atoms with Crippen molar-refractivity contribution in [2.45, 2.75) is 31.7 Å². The van der Waals surface area contributed by atoms with Gasteiger partial charge >= 0.3 is 0 Å². The molecule has 0 radical (unpaired) electrons. The first-order chi connectivity index (χ1) is 13.4. The molecule has 148 valence electrons. The van der Waals surface area contributed by atoms with Crippen molar-refractivity contribution in [2.75, 3.05) is 31.6 Å². The first kappa shape index (κ1) is 18.6. The lowest BCUT2D eigenvalue weighted by Gasteiger charge is -2.33. The van der Waals surface area contributed by atoms with E-state index in [0.29, 0.717) is 17.0 Å². The van der Waals surface area contributed by atoms with E-state index in [4.69, 9.17) is 0 Å². The fraction of sp³-hybridized carbons (Fsp3) is 0.500. The lowest BCUT2D eigenvalue weighted by molar-refractivity contribution is -0.149. The van der Waals surface area contributed by atoms with Crippen LogP contribution in [0.25, 0.3) is 0 Å². The number of aliphatic hydroxyl groups excluding tert-OH is 1. The van der Waals surface area contributed by atoms with Gasteiger partial charge in [-0.15, -0.1) is 0 Å². The molecule has 28 heavy (non-hydrogen) atoms. The van der Waals surface area contributed by atoms with Crippen molar-refractivity contribution in [3.63, 3.8) is 0 Å². The zero-order valence-corrected chi connectivity index (χ0v) is 15.8. The summed E-state index contributed by atoms with van der Waals surface area (Å²) in [5.74, 6) is -1.47. The van der Waals surface area contributed by atoms with Gasteiger partial charge < -0.3 is 10.0 Å². The SMILES string of the molecule is CN1C(=O)CCC(N2C(=O)c3ccc(N4CCC(CO)CC4)cc3C2=O)C1=O. The third-order valence-corrected chi connectivity index (χ3v) is 6.07. The number of amides is 4. The van der Waals surface area contributed by atoms with Crippen LogP contribution >= 0.6 is 0 Å². The largest absolute Gasteiger partial charge is 0.396 e. The van der Waals surface area contributed by atoms with Gasteiger partial charge in [0.1, 0.15) is 6.04 Å². The van der Waals surface area contributed by atoms with Crippen molar-refractivity contribution < 1.29 is 24.3 Å². The maximum Gasteiger partial charge on any atom is 0.262 e. The van der Waals surface area contributed by atoms with E-state index in [1.807, 2.05) is 6.07 Å². The highest BCUT2D eigenvalue weighted by molar-refractivity contribution is 6.23. The first-order valence-electron chi connectivity index (χ1n) is 9.60. The molecule has 2 fully saturated rings. The molecule has 1 unspecified atom stereocenters. The van der Waals surface area contributed by atoms with Gasteiger partial charge in [-0.1, -0.05) is 0 Å². The zero-order valence-electron chi connectivity index (χ0n) is 15.8. The number of imide groups is 2. The van der Waals surface area contributed by atoms with Gasteiger partial charge in [0.25, 0.3) is 17.7 Å². The average molecular weight is 385 g/mol. The Labute approximate surface area is 162 Å². The second-order valence-corrected chi connectivity index (χ2v) is 7.67. The molecule has 8 nitrogen and oxygen atoms in total. The van der Waals surface area contributed by atoms with Crippen molar-refractivity contribution in [3.8, 4) is 0 Å². The molecule has 0 bridgehead atoms. The predicted octanol–water partition coefficient (Wildman–Crippen LogP) is 0.639. The van der Waals surface area contributed by atoms with Gasteiger partial charge in [-0.2, -0.15) is 0 Å². The third-order valence-electron chi connectivity index (χ3n) is 6.07. The Morgan fingerprint density at radius 2 is 1.68 bits per heavy atom. The minimum absolute atomic E-state index is 0.130. The summed E-state index contributed by atoms with van der Waals surface area (Å²) in [6.07, 6.45) is 2.05. The topological polar surface area (TPSA) is 98.2 Å². The van der Waals surface area contributed by atoms with Crippen LogP contribution in [0.5, 0.6) is 0 Å². The van der Waals surface area contributed by atoms with Crippen molar-refractivity contribution >= 4 is 29.3 Å². The van der Waals surface area contributed by atoms with Gasteiger partial charge in [0.2, 0.25) is 5.91 Å². The highest BCUT2D eigenvalue weighted by atomic mass is 16.3. The Morgan fingerprint density at radius 3 is 2.36 bits per heavy atom. The van der Waals surface area contributed by atoms with Crippen molar-refractivity contribution in [1.29, 1.82) is 0 Å². The first-order valence-corrected chi connectivity index (χ1v) is 9.60. The second-order valence-electron chi connectivity index (χ2n) is 7.67. The Balaban J connectivity index is 1.58. The van der Waals surface area contributed by atoms with E-state index in [1.165, 1.54) is 7.05 Å². The zero-order chi connectivity index (χ0) is 20.0. The molecular formula is C20H23N3O5. The van der Waals surface area contributed by atoms with E-state index in [9.17, 15) is 24.3 Å². The Bertz CT molecular complexity index is 859. The summed E-state index contributed by atoms with van der Waals surface area (Å²) in [6, 6.07) is 4.26. The van der Waals surface area contributed by atoms with Crippen LogP contribution in [-0.4, -0.2) is 71.3 Å². The number of piperidine rings is 2. The Kier molecular flexibility index (Phi) is 4.66. The highest BCUT2D eigenvalue weighted by Crippen LogP contribution is 2.32. The number of carbonyl (C=O) groups excluding carboxylic acids is 4. The van der Waals surface area contributed by atoms with Crippen molar-refractivity contribution in [1.82, 2.24) is 9.80 Å². The van der Waals surface area contributed by atoms with Gasteiger partial charge in [0, 0.05) is 38.9 Å². The maximum atomic E-state index is 13.0. The Hall–Kier alpha value is -2.74. The monoisotopic (exact) mass is 385 g/mol. The summed E-state index contributed by atoms with van der Waals surface area (Å²) in [4.78, 5) is 54.1. The summed E-state index contributed by atoms with van der Waals surface area (Å²) in [5.41, 5.74) is 1.46. The molecular weight excluding hydrogens is 362 g/mol. The van der Waals surface area contributed by atoms with E-state index in [0.717, 1.165) is 41.4 Å². The third kappa shape index (κ3) is 2.88. The van der Waals surface area contributed by atoms with Gasteiger partial charge in [0.05, 0.1) is 11.1 Å². The number of benzene rings is 1. The smallest absolute Gasteiger partial charge is 0.262 e. The summed E-state index contributed by atoms with van der Waals surface area (Å²) in [5, 5.41) is 9.29. The van der Waals surface area contributed by atoms with Crippen LogP contribution in [0.2, 0.25) is 0 Å². The molecule has 2 saturated heterocycles. The predicted molar refractivity (Wildman–Crippen MR) is 99.8 cm³/mol. The lowest BCUT2D eigenvalue weighted by Crippen LogP contribution is -2.54. The number of anilines is 1. The van der Waals surface area contributed by atoms with E-state index < -0.39 is 23.8 Å². The average Bonchev–Trinajstić information content (AvgIpc) is 2.96. The van der Waals surface area contributed by atoms with Crippen LogP contribution in [0, 0.1) is 5.92 Å². The standard InChI is InChI=1S/C20H23N3O5/c1-21-17(25)5-4-16(20(21)28)23-18(26)14-3-2-13(10-15(14)19(23)27)22-8-6-12(11-24)7-9-22/h2-3,10,12,16,24H,4-9,11H2,1H3. The van der Waals surface area contributed by atoms with Crippen LogP contribution < -0.4 is 4.90 Å². The Morgan fingerprint density at radius 1 is 1.00 bits per heavy atom. The fourth-order valence-corrected chi connectivity index (χ4v) is 4.24. The van der Waals surface area contributed by atoms with Gasteiger partial charge in [-0.3, -0.25) is 29.0 Å². The number of likely N-dealkylation sites (tertiary alicyclic amines) is 1. The van der Waals surface area contributed by atoms with E-state index in [-0.39, 0.29) is 25.4 Å². The summed E-state index contributed by atoms with van der Waals surface area (Å²) < 4.78 is 0. The molecule has 3 aliphatic heterocycles. The van der Waals surface area contributed by atoms with Crippen molar-refractivity contribution in [2.24, 2.45) is 5.92 Å². The van der Waals surface area contributed by atoms with Gasteiger partial charge in [0.15, 0.2) is 0 Å². The summed E-state index contributed by atoms with van der Waals surface area (Å²) >= 11 is 0. The lowest BCUT2D eigenvalue weighted by atomic mass is 9.97. The number of fused-ring (bicyclic) bond motifs is 1. The molecule has 1 aromatic carbocycles. The number of likely N-dealkylation sites (N-methyl/N-ethyl adjacent to an activating group) is 1. The normalized spacial score (nSPS) is 23.6. The van der Waals surface area contributed by atoms with Crippen LogP contribution in [0.4, 0.5) is 5.69 Å². The fourth-order valence-electron chi connectivity index (χ4n) is 4.24. The molecule has 0 saturated carbocycles. The molecule has 1 atom stereocenters. The molecule has 3 aliphatic rings. The maximum absolute atomic E-state index is 13.0. The molecule has 4 amide bonds. The van der Waals surface area contributed by atoms with Gasteiger partial charge in [-0.25, -0.2) is 0 Å². The molecule has 0 spiro atoms. The number of rotatable bonds is 3. The van der Waals surface area contributed by atoms with E-state index >= 15 is 0 Å². The summed E-state index contributed by atoms with van der Waals surface area (Å²) in [7, 11) is 1.38. The van der Waals surface area contributed by atoms with Crippen LogP contribution in [0.3, 0.4) is 0 Å². The molecule has 3 heterocycles. The second kappa shape index (κ2) is 7.01. The summed E-state index contributed by atoms with van der Waals surface area (Å²) in [6.45, 7) is 1.75. The van der Waals surface area contributed by atoms with Crippen LogP contribution in [0.1, 0.15) is 46.4 Å².